The summed E-state index contributed by atoms with van der Waals surface area (Å²) in [4.78, 5) is 0. The van der Waals surface area contributed by atoms with Gasteiger partial charge >= 0.3 is 0 Å². The molecular formula is C18H26ClN. The van der Waals surface area contributed by atoms with Crippen molar-refractivity contribution in [1.82, 2.24) is 5.32 Å². The molecule has 1 N–H and O–H groups in total. The lowest BCUT2D eigenvalue weighted by atomic mass is 9.58. The van der Waals surface area contributed by atoms with Crippen molar-refractivity contribution >= 4 is 11.6 Å². The van der Waals surface area contributed by atoms with E-state index in [4.69, 9.17) is 11.6 Å². The average molecular weight is 292 g/mol. The normalized spacial score (nSPS) is 34.3. The molecule has 1 nitrogen and oxygen atoms in total. The lowest BCUT2D eigenvalue weighted by Crippen LogP contribution is -2.46. The van der Waals surface area contributed by atoms with Crippen LogP contribution in [0.15, 0.2) is 24.3 Å². The lowest BCUT2D eigenvalue weighted by molar-refractivity contribution is 0.0689. The van der Waals surface area contributed by atoms with E-state index in [0.29, 0.717) is 11.3 Å². The second kappa shape index (κ2) is 6.07. The first-order valence-electron chi connectivity index (χ1n) is 8.20. The van der Waals surface area contributed by atoms with Crippen LogP contribution < -0.4 is 5.32 Å². The summed E-state index contributed by atoms with van der Waals surface area (Å²) >= 11 is 6.50. The van der Waals surface area contributed by atoms with Crippen molar-refractivity contribution in [3.63, 3.8) is 0 Å². The summed E-state index contributed by atoms with van der Waals surface area (Å²) in [5.41, 5.74) is 1.87. The fourth-order valence-electron chi connectivity index (χ4n) is 4.59. The van der Waals surface area contributed by atoms with Gasteiger partial charge in [0.25, 0.3) is 0 Å². The van der Waals surface area contributed by atoms with E-state index >= 15 is 0 Å². The van der Waals surface area contributed by atoms with Crippen molar-refractivity contribution in [1.29, 1.82) is 0 Å². The van der Waals surface area contributed by atoms with E-state index in [1.807, 2.05) is 6.07 Å². The number of hydrogen-bond acceptors (Lipinski definition) is 1. The Bertz CT molecular complexity index is 454. The number of hydrogen-bond donors (Lipinski definition) is 1. The van der Waals surface area contributed by atoms with E-state index in [1.54, 1.807) is 0 Å². The minimum atomic E-state index is 0.495. The third-order valence-electron chi connectivity index (χ3n) is 5.73. The zero-order valence-corrected chi connectivity index (χ0v) is 13.3. The predicted molar refractivity (Wildman–Crippen MR) is 86.4 cm³/mol. The van der Waals surface area contributed by atoms with E-state index in [9.17, 15) is 0 Å². The summed E-state index contributed by atoms with van der Waals surface area (Å²) in [6.45, 7) is 4.63. The Labute approximate surface area is 128 Å². The Morgan fingerprint density at radius 3 is 2.95 bits per heavy atom. The van der Waals surface area contributed by atoms with Crippen LogP contribution in [0.2, 0.25) is 5.02 Å². The molecule has 3 rings (SSSR count). The van der Waals surface area contributed by atoms with Crippen LogP contribution in [0.3, 0.4) is 0 Å². The zero-order valence-electron chi connectivity index (χ0n) is 12.5. The molecule has 110 valence electrons. The molecule has 2 aliphatic rings. The molecule has 3 unspecified atom stereocenters. The predicted octanol–water partition coefficient (Wildman–Crippen LogP) is 5.00. The first-order valence-corrected chi connectivity index (χ1v) is 8.58. The summed E-state index contributed by atoms with van der Waals surface area (Å²) in [6.07, 6.45) is 8.28. The molecule has 0 bridgehead atoms. The van der Waals surface area contributed by atoms with Gasteiger partial charge in [-0.05, 0) is 48.8 Å². The molecule has 1 spiro atoms. The van der Waals surface area contributed by atoms with E-state index in [1.165, 1.54) is 50.6 Å². The van der Waals surface area contributed by atoms with Crippen LogP contribution >= 0.6 is 11.6 Å². The van der Waals surface area contributed by atoms with Gasteiger partial charge in [-0.1, -0.05) is 56.0 Å². The van der Waals surface area contributed by atoms with E-state index in [-0.39, 0.29) is 0 Å². The summed E-state index contributed by atoms with van der Waals surface area (Å²) in [5.74, 6) is 1.52. The molecule has 20 heavy (non-hydrogen) atoms. The van der Waals surface area contributed by atoms with Crippen LogP contribution in [-0.4, -0.2) is 13.1 Å². The van der Waals surface area contributed by atoms with Gasteiger partial charge in [-0.15, -0.1) is 0 Å². The van der Waals surface area contributed by atoms with E-state index < -0.39 is 0 Å². The highest BCUT2D eigenvalue weighted by Gasteiger charge is 2.44. The Hall–Kier alpha value is -0.530. The molecule has 1 heterocycles. The van der Waals surface area contributed by atoms with Crippen molar-refractivity contribution in [2.24, 2.45) is 11.3 Å². The van der Waals surface area contributed by atoms with Gasteiger partial charge in [0.2, 0.25) is 0 Å². The second-order valence-electron chi connectivity index (χ2n) is 6.76. The van der Waals surface area contributed by atoms with Gasteiger partial charge < -0.3 is 5.32 Å². The van der Waals surface area contributed by atoms with Gasteiger partial charge in [0.05, 0.1) is 0 Å². The highest BCUT2D eigenvalue weighted by Crippen LogP contribution is 2.53. The summed E-state index contributed by atoms with van der Waals surface area (Å²) in [7, 11) is 0. The largest absolute Gasteiger partial charge is 0.316 e. The van der Waals surface area contributed by atoms with Gasteiger partial charge in [0.1, 0.15) is 0 Å². The maximum Gasteiger partial charge on any atom is 0.0441 e. The maximum atomic E-state index is 6.50. The Balaban J connectivity index is 1.93. The van der Waals surface area contributed by atoms with E-state index in [0.717, 1.165) is 17.5 Å². The number of halogens is 1. The van der Waals surface area contributed by atoms with E-state index in [2.05, 4.69) is 30.4 Å². The lowest BCUT2D eigenvalue weighted by Gasteiger charge is -2.50. The van der Waals surface area contributed by atoms with Crippen molar-refractivity contribution in [3.05, 3.63) is 34.9 Å². The number of benzene rings is 1. The molecule has 1 aliphatic carbocycles. The summed E-state index contributed by atoms with van der Waals surface area (Å²) in [5, 5.41) is 4.56. The van der Waals surface area contributed by atoms with Crippen LogP contribution in [0.5, 0.6) is 0 Å². The molecule has 2 heteroatoms. The van der Waals surface area contributed by atoms with Crippen LogP contribution in [0.1, 0.15) is 56.9 Å². The number of piperidine rings is 1. The molecule has 1 aromatic rings. The molecule has 2 fully saturated rings. The van der Waals surface area contributed by atoms with Gasteiger partial charge in [0.15, 0.2) is 0 Å². The third-order valence-corrected chi connectivity index (χ3v) is 6.07. The van der Waals surface area contributed by atoms with Crippen LogP contribution in [0, 0.1) is 11.3 Å². The van der Waals surface area contributed by atoms with Crippen LogP contribution in [0.25, 0.3) is 0 Å². The minimum absolute atomic E-state index is 0.495. The average Bonchev–Trinajstić information content (AvgIpc) is 2.49. The third kappa shape index (κ3) is 2.63. The molecule has 1 saturated carbocycles. The van der Waals surface area contributed by atoms with Crippen molar-refractivity contribution in [3.8, 4) is 0 Å². The van der Waals surface area contributed by atoms with Gasteiger partial charge in [-0.25, -0.2) is 0 Å². The molecule has 0 aromatic heterocycles. The zero-order chi connectivity index (χ0) is 14.0. The van der Waals surface area contributed by atoms with Crippen molar-refractivity contribution < 1.29 is 0 Å². The summed E-state index contributed by atoms with van der Waals surface area (Å²) in [6, 6.07) is 8.49. The van der Waals surface area contributed by atoms with Crippen molar-refractivity contribution in [2.45, 2.75) is 51.4 Å². The maximum absolute atomic E-state index is 6.50. The standard InChI is InChI=1S/C18H26ClN/c1-2-14-6-5-9-18(12-14)10-11-20-13-16(18)15-7-3-4-8-17(15)19/h3-4,7-8,14,16,20H,2,5-6,9-13H2,1H3. The molecule has 0 radical (unpaired) electrons. The molecule has 1 saturated heterocycles. The first kappa shape index (κ1) is 14.4. The quantitative estimate of drug-likeness (QED) is 0.808. The Morgan fingerprint density at radius 1 is 1.30 bits per heavy atom. The Kier molecular flexibility index (Phi) is 4.37. The second-order valence-corrected chi connectivity index (χ2v) is 7.17. The minimum Gasteiger partial charge on any atom is -0.316 e. The van der Waals surface area contributed by atoms with Crippen molar-refractivity contribution in [2.75, 3.05) is 13.1 Å². The topological polar surface area (TPSA) is 12.0 Å². The summed E-state index contributed by atoms with van der Waals surface area (Å²) < 4.78 is 0. The Morgan fingerprint density at radius 2 is 2.15 bits per heavy atom. The van der Waals surface area contributed by atoms with Gasteiger partial charge in [-0.2, -0.15) is 0 Å². The van der Waals surface area contributed by atoms with Gasteiger partial charge in [-0.3, -0.25) is 0 Å². The highest BCUT2D eigenvalue weighted by atomic mass is 35.5. The van der Waals surface area contributed by atoms with Gasteiger partial charge in [0, 0.05) is 17.5 Å². The first-order chi connectivity index (χ1) is 9.75. The molecular weight excluding hydrogens is 266 g/mol. The molecule has 1 aromatic carbocycles. The van der Waals surface area contributed by atoms with Crippen LogP contribution in [-0.2, 0) is 0 Å². The number of nitrogens with one attached hydrogen (secondary N) is 1. The molecule has 0 amide bonds. The number of rotatable bonds is 2. The molecule has 3 atom stereocenters. The fraction of sp³-hybridized carbons (Fsp3) is 0.667. The smallest absolute Gasteiger partial charge is 0.0441 e. The highest BCUT2D eigenvalue weighted by molar-refractivity contribution is 6.31. The SMILES string of the molecule is CCC1CCCC2(CCNCC2c2ccccc2Cl)C1. The van der Waals surface area contributed by atoms with Crippen LogP contribution in [0.4, 0.5) is 0 Å². The fourth-order valence-corrected chi connectivity index (χ4v) is 4.85. The monoisotopic (exact) mass is 291 g/mol. The molecule has 1 aliphatic heterocycles.